The van der Waals surface area contributed by atoms with Crippen LogP contribution in [0.3, 0.4) is 0 Å². The highest BCUT2D eigenvalue weighted by Crippen LogP contribution is 2.34. The van der Waals surface area contributed by atoms with Crippen LogP contribution in [0.25, 0.3) is 16.7 Å². The van der Waals surface area contributed by atoms with Crippen LogP contribution in [0.4, 0.5) is 13.2 Å². The number of aromatic nitrogens is 3. The summed E-state index contributed by atoms with van der Waals surface area (Å²) in [4.78, 5) is 18.8. The van der Waals surface area contributed by atoms with Gasteiger partial charge in [-0.15, -0.1) is 0 Å². The molecule has 130 valence electrons. The number of nitrogens with zero attached hydrogens (tertiary/aromatic N) is 2. The van der Waals surface area contributed by atoms with Crippen molar-refractivity contribution in [3.05, 3.63) is 61.8 Å². The minimum Gasteiger partial charge on any atom is -0.298 e. The summed E-state index contributed by atoms with van der Waals surface area (Å²) in [5, 5.41) is -0.521. The predicted molar refractivity (Wildman–Crippen MR) is 91.7 cm³/mol. The summed E-state index contributed by atoms with van der Waals surface area (Å²) in [5.74, 6) is 0. The highest BCUT2D eigenvalue weighted by Gasteiger charge is 2.35. The third kappa shape index (κ3) is 2.86. The van der Waals surface area contributed by atoms with Crippen LogP contribution in [0, 0.1) is 25.5 Å². The number of nitrogens with one attached hydrogen (secondary N) is 1. The van der Waals surface area contributed by atoms with Gasteiger partial charge in [0.2, 0.25) is 0 Å². The summed E-state index contributed by atoms with van der Waals surface area (Å²) in [7, 11) is 0. The Bertz CT molecular complexity index is 1110. The quantitative estimate of drug-likeness (QED) is 0.651. The summed E-state index contributed by atoms with van der Waals surface area (Å²) in [6.45, 7) is 5.17. The van der Waals surface area contributed by atoms with Crippen molar-refractivity contribution in [2.75, 3.05) is 0 Å². The molecule has 0 aliphatic heterocycles. The number of hydrogen-bond acceptors (Lipinski definition) is 3. The standard InChI is InChI=1S/C17H14F3N3OS/c1-8-5-4-6-12(10(8)3)23-14-13(15(24)22-16(23)25)11(17(18,19)20)7-9(2)21-14/h4-7H,1-3H3,(H,22,24,25). The molecule has 0 atom stereocenters. The van der Waals surface area contributed by atoms with Gasteiger partial charge in [-0.05, 0) is 56.2 Å². The Kier molecular flexibility index (Phi) is 4.03. The third-order valence-corrected chi connectivity index (χ3v) is 4.40. The monoisotopic (exact) mass is 365 g/mol. The van der Waals surface area contributed by atoms with Gasteiger partial charge in [0.05, 0.1) is 16.6 Å². The topological polar surface area (TPSA) is 50.7 Å². The molecule has 25 heavy (non-hydrogen) atoms. The first kappa shape index (κ1) is 17.3. The fraction of sp³-hybridized carbons (Fsp3) is 0.235. The first-order chi connectivity index (χ1) is 11.6. The van der Waals surface area contributed by atoms with Crippen LogP contribution in [-0.4, -0.2) is 14.5 Å². The molecule has 0 fully saturated rings. The van der Waals surface area contributed by atoms with Crippen molar-refractivity contribution in [1.82, 2.24) is 14.5 Å². The molecule has 0 spiro atoms. The number of hydrogen-bond donors (Lipinski definition) is 1. The van der Waals surface area contributed by atoms with Crippen LogP contribution in [0.2, 0.25) is 0 Å². The second kappa shape index (κ2) is 5.80. The maximum atomic E-state index is 13.4. The van der Waals surface area contributed by atoms with Crippen LogP contribution >= 0.6 is 12.2 Å². The zero-order valence-electron chi connectivity index (χ0n) is 13.7. The lowest BCUT2D eigenvalue weighted by Crippen LogP contribution is -2.20. The molecule has 0 bridgehead atoms. The second-order valence-corrected chi connectivity index (χ2v) is 6.21. The molecule has 4 nitrogen and oxygen atoms in total. The number of benzene rings is 1. The molecular weight excluding hydrogens is 351 g/mol. The summed E-state index contributed by atoms with van der Waals surface area (Å²) in [5.41, 5.74) is 0.490. The first-order valence-corrected chi connectivity index (χ1v) is 7.82. The summed E-state index contributed by atoms with van der Waals surface area (Å²) < 4.78 is 41.7. The van der Waals surface area contributed by atoms with Crippen molar-refractivity contribution in [1.29, 1.82) is 0 Å². The molecule has 0 aliphatic rings. The molecule has 0 unspecified atom stereocenters. The molecule has 0 aliphatic carbocycles. The number of rotatable bonds is 1. The molecule has 1 N–H and O–H groups in total. The Morgan fingerprint density at radius 1 is 1.20 bits per heavy atom. The van der Waals surface area contributed by atoms with Crippen LogP contribution in [0.1, 0.15) is 22.4 Å². The fourth-order valence-electron chi connectivity index (χ4n) is 2.78. The van der Waals surface area contributed by atoms with E-state index in [1.807, 2.05) is 19.9 Å². The lowest BCUT2D eigenvalue weighted by atomic mass is 10.1. The van der Waals surface area contributed by atoms with Crippen molar-refractivity contribution >= 4 is 23.3 Å². The van der Waals surface area contributed by atoms with Gasteiger partial charge in [0.1, 0.15) is 0 Å². The van der Waals surface area contributed by atoms with Crippen LogP contribution < -0.4 is 5.56 Å². The average molecular weight is 365 g/mol. The number of pyridine rings is 1. The molecule has 0 amide bonds. The van der Waals surface area contributed by atoms with Gasteiger partial charge < -0.3 is 0 Å². The number of aryl methyl sites for hydroxylation is 2. The third-order valence-electron chi connectivity index (χ3n) is 4.11. The SMILES string of the molecule is Cc1cc(C(F)(F)F)c2c(=O)[nH]c(=S)n(-c3cccc(C)c3C)c2n1. The summed E-state index contributed by atoms with van der Waals surface area (Å²) >= 11 is 5.22. The lowest BCUT2D eigenvalue weighted by Gasteiger charge is -2.17. The Morgan fingerprint density at radius 3 is 2.52 bits per heavy atom. The molecular formula is C17H14F3N3OS. The zero-order chi connectivity index (χ0) is 18.5. The van der Waals surface area contributed by atoms with E-state index in [4.69, 9.17) is 12.2 Å². The van der Waals surface area contributed by atoms with E-state index in [1.54, 1.807) is 12.1 Å². The van der Waals surface area contributed by atoms with E-state index in [2.05, 4.69) is 9.97 Å². The van der Waals surface area contributed by atoms with Gasteiger partial charge in [-0.2, -0.15) is 13.2 Å². The Hall–Kier alpha value is -2.48. The highest BCUT2D eigenvalue weighted by molar-refractivity contribution is 7.71. The van der Waals surface area contributed by atoms with Crippen molar-refractivity contribution < 1.29 is 13.2 Å². The molecule has 3 rings (SSSR count). The van der Waals surface area contributed by atoms with E-state index in [0.717, 1.165) is 17.2 Å². The van der Waals surface area contributed by atoms with Crippen molar-refractivity contribution in [3.63, 3.8) is 0 Å². The van der Waals surface area contributed by atoms with Crippen LogP contribution in [0.15, 0.2) is 29.1 Å². The smallest absolute Gasteiger partial charge is 0.298 e. The normalized spacial score (nSPS) is 11.9. The maximum absolute atomic E-state index is 13.4. The molecule has 1 aromatic carbocycles. The Balaban J connectivity index is 2.58. The predicted octanol–water partition coefficient (Wildman–Crippen LogP) is 4.39. The number of aromatic amines is 1. The Labute approximate surface area is 146 Å². The molecule has 8 heteroatoms. The molecule has 3 aromatic rings. The summed E-state index contributed by atoms with van der Waals surface area (Å²) in [6.07, 6.45) is -4.68. The van der Waals surface area contributed by atoms with E-state index >= 15 is 0 Å². The molecule has 0 saturated heterocycles. The minimum atomic E-state index is -4.68. The molecule has 2 heterocycles. The van der Waals surface area contributed by atoms with Gasteiger partial charge in [0.15, 0.2) is 10.4 Å². The minimum absolute atomic E-state index is 0.00238. The van der Waals surface area contributed by atoms with Crippen LogP contribution in [0.5, 0.6) is 0 Å². The molecule has 2 aromatic heterocycles. The van der Waals surface area contributed by atoms with E-state index in [9.17, 15) is 18.0 Å². The highest BCUT2D eigenvalue weighted by atomic mass is 32.1. The number of alkyl halides is 3. The first-order valence-electron chi connectivity index (χ1n) is 7.41. The van der Waals surface area contributed by atoms with Gasteiger partial charge in [-0.25, -0.2) is 4.98 Å². The van der Waals surface area contributed by atoms with Gasteiger partial charge in [-0.1, -0.05) is 12.1 Å². The molecule has 0 saturated carbocycles. The van der Waals surface area contributed by atoms with Gasteiger partial charge >= 0.3 is 6.18 Å². The van der Waals surface area contributed by atoms with E-state index < -0.39 is 22.7 Å². The van der Waals surface area contributed by atoms with Crippen molar-refractivity contribution in [3.8, 4) is 5.69 Å². The van der Waals surface area contributed by atoms with E-state index in [1.165, 1.54) is 11.5 Å². The largest absolute Gasteiger partial charge is 0.417 e. The average Bonchev–Trinajstić information content (AvgIpc) is 2.49. The number of H-pyrrole nitrogens is 1. The van der Waals surface area contributed by atoms with Gasteiger partial charge in [0, 0.05) is 5.69 Å². The molecule has 0 radical (unpaired) electrons. The van der Waals surface area contributed by atoms with Crippen LogP contribution in [-0.2, 0) is 6.18 Å². The van der Waals surface area contributed by atoms with E-state index in [0.29, 0.717) is 5.69 Å². The Morgan fingerprint density at radius 2 is 1.88 bits per heavy atom. The van der Waals surface area contributed by atoms with Gasteiger partial charge in [0.25, 0.3) is 5.56 Å². The fourth-order valence-corrected chi connectivity index (χ4v) is 3.06. The second-order valence-electron chi connectivity index (χ2n) is 5.82. The van der Waals surface area contributed by atoms with E-state index in [-0.39, 0.29) is 16.1 Å². The lowest BCUT2D eigenvalue weighted by molar-refractivity contribution is -0.136. The van der Waals surface area contributed by atoms with Crippen molar-refractivity contribution in [2.45, 2.75) is 26.9 Å². The number of halogens is 3. The number of fused-ring (bicyclic) bond motifs is 1. The van der Waals surface area contributed by atoms with Crippen molar-refractivity contribution in [2.24, 2.45) is 0 Å². The maximum Gasteiger partial charge on any atom is 0.417 e. The van der Waals surface area contributed by atoms with Gasteiger partial charge in [-0.3, -0.25) is 14.3 Å². The zero-order valence-corrected chi connectivity index (χ0v) is 14.5. The summed E-state index contributed by atoms with van der Waals surface area (Å²) in [6, 6.07) is 6.26.